The minimum atomic E-state index is -0.468. The van der Waals surface area contributed by atoms with Gasteiger partial charge in [-0.15, -0.1) is 0 Å². The molecule has 2 aromatic rings. The molecule has 0 bridgehead atoms. The molecule has 6 heteroatoms. The fraction of sp³-hybridized carbons (Fsp3) is 0.294. The number of rotatable bonds is 7. The van der Waals surface area contributed by atoms with Crippen LogP contribution in [0.2, 0.25) is 0 Å². The molecule has 0 spiro atoms. The maximum absolute atomic E-state index is 10.8. The zero-order chi connectivity index (χ0) is 16.8. The van der Waals surface area contributed by atoms with Gasteiger partial charge in [-0.2, -0.15) is 0 Å². The number of hydrogen-bond acceptors (Lipinski definition) is 5. The van der Waals surface area contributed by atoms with E-state index in [0.29, 0.717) is 11.5 Å². The van der Waals surface area contributed by atoms with Crippen LogP contribution in [0.3, 0.4) is 0 Å². The van der Waals surface area contributed by atoms with Gasteiger partial charge >= 0.3 is 0 Å². The summed E-state index contributed by atoms with van der Waals surface area (Å²) in [6.07, 6.45) is 0.117. The Morgan fingerprint density at radius 2 is 1.78 bits per heavy atom. The van der Waals surface area contributed by atoms with Crippen molar-refractivity contribution in [2.45, 2.75) is 26.6 Å². The van der Waals surface area contributed by atoms with Gasteiger partial charge in [-0.05, 0) is 37.6 Å². The van der Waals surface area contributed by atoms with E-state index in [4.69, 9.17) is 14.2 Å². The molecule has 23 heavy (non-hydrogen) atoms. The Bertz CT molecular complexity index is 667. The maximum atomic E-state index is 10.8. The van der Waals surface area contributed by atoms with Crippen molar-refractivity contribution >= 4 is 5.69 Å². The van der Waals surface area contributed by atoms with E-state index in [-0.39, 0.29) is 18.4 Å². The second kappa shape index (κ2) is 7.49. The summed E-state index contributed by atoms with van der Waals surface area (Å²) in [7, 11) is 1.49. The fourth-order valence-corrected chi connectivity index (χ4v) is 1.99. The topological polar surface area (TPSA) is 70.8 Å². The molecule has 122 valence electrons. The summed E-state index contributed by atoms with van der Waals surface area (Å²) >= 11 is 0. The molecule has 0 N–H and O–H groups in total. The lowest BCUT2D eigenvalue weighted by molar-refractivity contribution is -0.385. The van der Waals surface area contributed by atoms with Crippen LogP contribution < -0.4 is 14.2 Å². The molecule has 0 heterocycles. The zero-order valence-corrected chi connectivity index (χ0v) is 13.3. The Balaban J connectivity index is 2.07. The van der Waals surface area contributed by atoms with Crippen LogP contribution in [-0.2, 0) is 6.61 Å². The van der Waals surface area contributed by atoms with Crippen molar-refractivity contribution < 1.29 is 19.1 Å². The van der Waals surface area contributed by atoms with Gasteiger partial charge in [0, 0.05) is 6.07 Å². The van der Waals surface area contributed by atoms with Gasteiger partial charge in [0.15, 0.2) is 11.5 Å². The van der Waals surface area contributed by atoms with Crippen molar-refractivity contribution in [3.8, 4) is 17.2 Å². The van der Waals surface area contributed by atoms with Crippen LogP contribution in [0.1, 0.15) is 19.4 Å². The molecule has 0 radical (unpaired) electrons. The van der Waals surface area contributed by atoms with E-state index in [0.717, 1.165) is 11.3 Å². The predicted octanol–water partition coefficient (Wildman–Crippen LogP) is 3.97. The van der Waals surface area contributed by atoms with E-state index >= 15 is 0 Å². The van der Waals surface area contributed by atoms with E-state index in [1.165, 1.54) is 25.3 Å². The molecule has 0 saturated heterocycles. The van der Waals surface area contributed by atoms with Gasteiger partial charge in [-0.1, -0.05) is 12.1 Å². The summed E-state index contributed by atoms with van der Waals surface area (Å²) in [6, 6.07) is 11.8. The Labute approximate surface area is 134 Å². The van der Waals surface area contributed by atoms with Gasteiger partial charge in [-0.25, -0.2) is 0 Å². The molecule has 0 saturated carbocycles. The highest BCUT2D eigenvalue weighted by Crippen LogP contribution is 2.31. The Hall–Kier alpha value is -2.76. The third-order valence-corrected chi connectivity index (χ3v) is 3.05. The number of hydrogen-bond donors (Lipinski definition) is 0. The van der Waals surface area contributed by atoms with Crippen LogP contribution in [0.4, 0.5) is 5.69 Å². The highest BCUT2D eigenvalue weighted by atomic mass is 16.6. The molecular formula is C17H19NO5. The Kier molecular flexibility index (Phi) is 5.41. The molecule has 0 unspecified atom stereocenters. The largest absolute Gasteiger partial charge is 0.493 e. The normalized spacial score (nSPS) is 10.4. The smallest absolute Gasteiger partial charge is 0.273 e. The fourth-order valence-electron chi connectivity index (χ4n) is 1.99. The molecule has 0 aliphatic heterocycles. The maximum Gasteiger partial charge on any atom is 0.273 e. The zero-order valence-electron chi connectivity index (χ0n) is 13.3. The monoisotopic (exact) mass is 317 g/mol. The number of benzene rings is 2. The highest BCUT2D eigenvalue weighted by Gasteiger charge is 2.12. The third kappa shape index (κ3) is 4.60. The number of nitro groups is 1. The summed E-state index contributed by atoms with van der Waals surface area (Å²) in [5.74, 6) is 1.58. The van der Waals surface area contributed by atoms with Gasteiger partial charge in [0.2, 0.25) is 0 Å². The summed E-state index contributed by atoms with van der Waals surface area (Å²) in [6.45, 7) is 4.21. The molecule has 6 nitrogen and oxygen atoms in total. The SMILES string of the molecule is COc1ccc([N+](=O)[O-])cc1OCc1ccc(OC(C)C)cc1. The van der Waals surface area contributed by atoms with E-state index in [1.54, 1.807) is 0 Å². The van der Waals surface area contributed by atoms with Crippen molar-refractivity contribution in [3.63, 3.8) is 0 Å². The third-order valence-electron chi connectivity index (χ3n) is 3.05. The number of nitrogens with zero attached hydrogens (tertiary/aromatic N) is 1. The van der Waals surface area contributed by atoms with Crippen molar-refractivity contribution in [1.82, 2.24) is 0 Å². The lowest BCUT2D eigenvalue weighted by atomic mass is 10.2. The molecule has 0 aromatic heterocycles. The van der Waals surface area contributed by atoms with Gasteiger partial charge in [0.05, 0.1) is 24.2 Å². The molecule has 2 rings (SSSR count). The average molecular weight is 317 g/mol. The van der Waals surface area contributed by atoms with Crippen LogP contribution in [-0.4, -0.2) is 18.1 Å². The first-order valence-corrected chi connectivity index (χ1v) is 7.20. The Morgan fingerprint density at radius 3 is 2.35 bits per heavy atom. The van der Waals surface area contributed by atoms with Gasteiger partial charge < -0.3 is 14.2 Å². The number of ether oxygens (including phenoxy) is 3. The number of methoxy groups -OCH3 is 1. The highest BCUT2D eigenvalue weighted by molar-refractivity contribution is 5.48. The summed E-state index contributed by atoms with van der Waals surface area (Å²) in [4.78, 5) is 10.4. The molecule has 0 amide bonds. The summed E-state index contributed by atoms with van der Waals surface area (Å²) in [5, 5.41) is 10.8. The van der Waals surface area contributed by atoms with Crippen LogP contribution in [0.5, 0.6) is 17.2 Å². The second-order valence-electron chi connectivity index (χ2n) is 5.19. The summed E-state index contributed by atoms with van der Waals surface area (Å²) in [5.41, 5.74) is 0.885. The minimum Gasteiger partial charge on any atom is -0.493 e. The predicted molar refractivity (Wildman–Crippen MR) is 86.2 cm³/mol. The average Bonchev–Trinajstić information content (AvgIpc) is 2.53. The minimum absolute atomic E-state index is 0.0403. The summed E-state index contributed by atoms with van der Waals surface area (Å²) < 4.78 is 16.4. The van der Waals surface area contributed by atoms with Crippen molar-refractivity contribution in [3.05, 3.63) is 58.1 Å². The molecule has 2 aromatic carbocycles. The first-order chi connectivity index (χ1) is 11.0. The molecule has 0 aliphatic rings. The van der Waals surface area contributed by atoms with E-state index in [1.807, 2.05) is 38.1 Å². The standard InChI is InChI=1S/C17H19NO5/c1-12(2)23-15-7-4-13(5-8-15)11-22-17-10-14(18(19)20)6-9-16(17)21-3/h4-10,12H,11H2,1-3H3. The lowest BCUT2D eigenvalue weighted by Gasteiger charge is -2.12. The van der Waals surface area contributed by atoms with Crippen molar-refractivity contribution in [2.24, 2.45) is 0 Å². The number of non-ortho nitro benzene ring substituents is 1. The lowest BCUT2D eigenvalue weighted by Crippen LogP contribution is -2.05. The van der Waals surface area contributed by atoms with Crippen LogP contribution in [0.25, 0.3) is 0 Å². The molecule has 0 fully saturated rings. The van der Waals surface area contributed by atoms with Gasteiger partial charge in [-0.3, -0.25) is 10.1 Å². The Morgan fingerprint density at radius 1 is 1.09 bits per heavy atom. The molecule has 0 aliphatic carbocycles. The van der Waals surface area contributed by atoms with Crippen molar-refractivity contribution in [2.75, 3.05) is 7.11 Å². The van der Waals surface area contributed by atoms with Gasteiger partial charge in [0.1, 0.15) is 12.4 Å². The number of nitro benzene ring substituents is 1. The molecular weight excluding hydrogens is 298 g/mol. The van der Waals surface area contributed by atoms with E-state index in [9.17, 15) is 10.1 Å². The van der Waals surface area contributed by atoms with E-state index < -0.39 is 4.92 Å². The van der Waals surface area contributed by atoms with Crippen LogP contribution >= 0.6 is 0 Å². The van der Waals surface area contributed by atoms with Crippen LogP contribution in [0, 0.1) is 10.1 Å². The first-order valence-electron chi connectivity index (χ1n) is 7.20. The van der Waals surface area contributed by atoms with E-state index in [2.05, 4.69) is 0 Å². The van der Waals surface area contributed by atoms with Crippen LogP contribution in [0.15, 0.2) is 42.5 Å². The van der Waals surface area contributed by atoms with Crippen molar-refractivity contribution in [1.29, 1.82) is 0 Å². The first kappa shape index (κ1) is 16.6. The molecule has 0 atom stereocenters. The van der Waals surface area contributed by atoms with Gasteiger partial charge in [0.25, 0.3) is 5.69 Å². The quantitative estimate of drug-likeness (QED) is 0.571. The second-order valence-corrected chi connectivity index (χ2v) is 5.19.